The fourth-order valence-corrected chi connectivity index (χ4v) is 2.39. The van der Waals surface area contributed by atoms with E-state index in [1.54, 1.807) is 7.11 Å². The summed E-state index contributed by atoms with van der Waals surface area (Å²) in [5.41, 5.74) is 1.08. The fraction of sp³-hybridized carbons (Fsp3) is 0.571. The van der Waals surface area contributed by atoms with Gasteiger partial charge in [0.15, 0.2) is 0 Å². The van der Waals surface area contributed by atoms with Crippen LogP contribution < -0.4 is 5.32 Å². The van der Waals surface area contributed by atoms with Gasteiger partial charge in [-0.25, -0.2) is 0 Å². The van der Waals surface area contributed by atoms with Gasteiger partial charge in [-0.3, -0.25) is 0 Å². The molecule has 0 radical (unpaired) electrons. The van der Waals surface area contributed by atoms with Gasteiger partial charge in [-0.05, 0) is 37.9 Å². The molecule has 102 valence electrons. The van der Waals surface area contributed by atoms with E-state index in [4.69, 9.17) is 27.9 Å². The number of benzene rings is 1. The van der Waals surface area contributed by atoms with Crippen LogP contribution in [0.3, 0.4) is 0 Å². The van der Waals surface area contributed by atoms with Gasteiger partial charge in [0.1, 0.15) is 0 Å². The van der Waals surface area contributed by atoms with Gasteiger partial charge >= 0.3 is 0 Å². The minimum absolute atomic E-state index is 0.229. The molecule has 0 saturated heterocycles. The van der Waals surface area contributed by atoms with Gasteiger partial charge < -0.3 is 10.1 Å². The lowest BCUT2D eigenvalue weighted by Crippen LogP contribution is -2.34. The molecular formula is C14H21Cl2NO. The first kappa shape index (κ1) is 15.8. The summed E-state index contributed by atoms with van der Waals surface area (Å²) in [7, 11) is 1.74. The average molecular weight is 290 g/mol. The van der Waals surface area contributed by atoms with Gasteiger partial charge in [0, 0.05) is 13.2 Å². The van der Waals surface area contributed by atoms with Gasteiger partial charge in [0.2, 0.25) is 0 Å². The Labute approximate surface area is 120 Å². The normalized spacial score (nSPS) is 14.5. The second kappa shape index (κ2) is 8.00. The van der Waals surface area contributed by atoms with E-state index in [-0.39, 0.29) is 6.10 Å². The summed E-state index contributed by atoms with van der Waals surface area (Å²) in [6, 6.07) is 6.12. The quantitative estimate of drug-likeness (QED) is 0.821. The van der Waals surface area contributed by atoms with Gasteiger partial charge in [-0.2, -0.15) is 0 Å². The van der Waals surface area contributed by atoms with E-state index in [2.05, 4.69) is 19.2 Å². The molecule has 1 aromatic rings. The van der Waals surface area contributed by atoms with Crippen molar-refractivity contribution in [1.29, 1.82) is 0 Å². The van der Waals surface area contributed by atoms with Crippen molar-refractivity contribution in [2.45, 2.75) is 38.8 Å². The zero-order valence-corrected chi connectivity index (χ0v) is 12.7. The number of ether oxygens (including phenoxy) is 1. The van der Waals surface area contributed by atoms with Crippen LogP contribution in [0, 0.1) is 0 Å². The Hall–Kier alpha value is -0.280. The molecule has 1 N–H and O–H groups in total. The van der Waals surface area contributed by atoms with Gasteiger partial charge in [-0.15, -0.1) is 0 Å². The summed E-state index contributed by atoms with van der Waals surface area (Å²) in [6.45, 7) is 5.10. The van der Waals surface area contributed by atoms with Gasteiger partial charge in [-0.1, -0.05) is 42.3 Å². The Bertz CT molecular complexity index is 371. The number of rotatable bonds is 7. The van der Waals surface area contributed by atoms with Crippen molar-refractivity contribution in [3.8, 4) is 0 Å². The maximum absolute atomic E-state index is 6.22. The molecule has 0 aliphatic carbocycles. The Morgan fingerprint density at radius 2 is 2.06 bits per heavy atom. The highest BCUT2D eigenvalue weighted by Crippen LogP contribution is 2.27. The lowest BCUT2D eigenvalue weighted by Gasteiger charge is -2.21. The predicted molar refractivity (Wildman–Crippen MR) is 78.7 cm³/mol. The number of methoxy groups -OCH3 is 1. The second-order valence-electron chi connectivity index (χ2n) is 4.45. The topological polar surface area (TPSA) is 21.3 Å². The summed E-state index contributed by atoms with van der Waals surface area (Å²) in [6.07, 6.45) is 2.04. The van der Waals surface area contributed by atoms with Crippen LogP contribution >= 0.6 is 23.2 Å². The van der Waals surface area contributed by atoms with E-state index in [0.717, 1.165) is 24.9 Å². The largest absolute Gasteiger partial charge is 0.382 e. The van der Waals surface area contributed by atoms with Crippen LogP contribution in [0.1, 0.15) is 25.8 Å². The van der Waals surface area contributed by atoms with Crippen LogP contribution in [0.5, 0.6) is 0 Å². The van der Waals surface area contributed by atoms with Crippen molar-refractivity contribution in [2.24, 2.45) is 0 Å². The molecule has 0 aliphatic rings. The SMILES string of the molecule is CCNC(Cc1cccc(Cl)c1Cl)CC(C)OC. The molecule has 0 bridgehead atoms. The molecule has 0 amide bonds. The lowest BCUT2D eigenvalue weighted by molar-refractivity contribution is 0.101. The van der Waals surface area contributed by atoms with Crippen LogP contribution in [0.4, 0.5) is 0 Å². The van der Waals surface area contributed by atoms with E-state index in [0.29, 0.717) is 16.1 Å². The molecule has 2 unspecified atom stereocenters. The zero-order chi connectivity index (χ0) is 13.5. The molecule has 4 heteroatoms. The molecule has 2 nitrogen and oxygen atoms in total. The van der Waals surface area contributed by atoms with Crippen LogP contribution in [0.2, 0.25) is 10.0 Å². The number of likely N-dealkylation sites (N-methyl/N-ethyl adjacent to an activating group) is 1. The van der Waals surface area contributed by atoms with E-state index >= 15 is 0 Å². The third-order valence-electron chi connectivity index (χ3n) is 3.01. The fourth-order valence-electron chi connectivity index (χ4n) is 2.00. The second-order valence-corrected chi connectivity index (χ2v) is 5.24. The average Bonchev–Trinajstić information content (AvgIpc) is 2.35. The molecule has 0 aliphatic heterocycles. The van der Waals surface area contributed by atoms with E-state index in [1.165, 1.54) is 0 Å². The molecular weight excluding hydrogens is 269 g/mol. The van der Waals surface area contributed by atoms with Crippen molar-refractivity contribution in [1.82, 2.24) is 5.32 Å². The number of hydrogen-bond donors (Lipinski definition) is 1. The molecule has 2 atom stereocenters. The first-order valence-electron chi connectivity index (χ1n) is 6.27. The summed E-state index contributed by atoms with van der Waals surface area (Å²) in [4.78, 5) is 0. The number of hydrogen-bond acceptors (Lipinski definition) is 2. The molecule has 0 aromatic heterocycles. The Kier molecular flexibility index (Phi) is 7.02. The molecule has 0 spiro atoms. The minimum Gasteiger partial charge on any atom is -0.382 e. The molecule has 18 heavy (non-hydrogen) atoms. The molecule has 0 heterocycles. The number of halogens is 2. The zero-order valence-electron chi connectivity index (χ0n) is 11.2. The van der Waals surface area contributed by atoms with Crippen molar-refractivity contribution < 1.29 is 4.74 Å². The van der Waals surface area contributed by atoms with Crippen LogP contribution in [-0.2, 0) is 11.2 Å². The monoisotopic (exact) mass is 289 g/mol. The summed E-state index contributed by atoms with van der Waals surface area (Å²) in [5, 5.41) is 4.74. The molecule has 0 saturated carbocycles. The first-order chi connectivity index (χ1) is 8.58. The van der Waals surface area contributed by atoms with Crippen molar-refractivity contribution in [3.63, 3.8) is 0 Å². The van der Waals surface area contributed by atoms with Crippen molar-refractivity contribution in [2.75, 3.05) is 13.7 Å². The third kappa shape index (κ3) is 4.77. The van der Waals surface area contributed by atoms with Gasteiger partial charge in [0.05, 0.1) is 16.1 Å². The maximum Gasteiger partial charge on any atom is 0.0624 e. The predicted octanol–water partition coefficient (Wildman–Crippen LogP) is 3.94. The maximum atomic E-state index is 6.22. The first-order valence-corrected chi connectivity index (χ1v) is 7.03. The Morgan fingerprint density at radius 1 is 1.33 bits per heavy atom. The van der Waals surface area contributed by atoms with Crippen LogP contribution in [0.15, 0.2) is 18.2 Å². The van der Waals surface area contributed by atoms with E-state index in [1.807, 2.05) is 18.2 Å². The third-order valence-corrected chi connectivity index (χ3v) is 3.87. The molecule has 1 aromatic carbocycles. The Morgan fingerprint density at radius 3 is 2.67 bits per heavy atom. The summed E-state index contributed by atoms with van der Waals surface area (Å²) < 4.78 is 5.32. The van der Waals surface area contributed by atoms with Crippen molar-refractivity contribution >= 4 is 23.2 Å². The highest BCUT2D eigenvalue weighted by atomic mass is 35.5. The number of nitrogens with one attached hydrogen (secondary N) is 1. The van der Waals surface area contributed by atoms with Crippen LogP contribution in [-0.4, -0.2) is 25.8 Å². The lowest BCUT2D eigenvalue weighted by atomic mass is 10.0. The Balaban J connectivity index is 2.73. The highest BCUT2D eigenvalue weighted by molar-refractivity contribution is 6.42. The van der Waals surface area contributed by atoms with Crippen molar-refractivity contribution in [3.05, 3.63) is 33.8 Å². The summed E-state index contributed by atoms with van der Waals surface area (Å²) in [5.74, 6) is 0. The standard InChI is InChI=1S/C14H21Cl2NO/c1-4-17-12(8-10(2)18-3)9-11-6-5-7-13(15)14(11)16/h5-7,10,12,17H,4,8-9H2,1-3H3. The van der Waals surface area contributed by atoms with E-state index in [9.17, 15) is 0 Å². The summed E-state index contributed by atoms with van der Waals surface area (Å²) >= 11 is 12.2. The van der Waals surface area contributed by atoms with E-state index < -0.39 is 0 Å². The minimum atomic E-state index is 0.229. The van der Waals surface area contributed by atoms with Gasteiger partial charge in [0.25, 0.3) is 0 Å². The highest BCUT2D eigenvalue weighted by Gasteiger charge is 2.15. The molecule has 0 fully saturated rings. The smallest absolute Gasteiger partial charge is 0.0624 e. The van der Waals surface area contributed by atoms with Crippen LogP contribution in [0.25, 0.3) is 0 Å². The molecule has 1 rings (SSSR count).